The lowest BCUT2D eigenvalue weighted by molar-refractivity contribution is -0.666. The van der Waals surface area contributed by atoms with Gasteiger partial charge in [0.05, 0.1) is 25.4 Å². The molecule has 0 radical (unpaired) electrons. The average Bonchev–Trinajstić information content (AvgIpc) is 3.25. The summed E-state index contributed by atoms with van der Waals surface area (Å²) in [6, 6.07) is -0.227. The maximum atomic E-state index is 11.5. The molecule has 0 saturated heterocycles. The molecule has 0 aliphatic heterocycles. The van der Waals surface area contributed by atoms with Crippen molar-refractivity contribution < 1.29 is 19.2 Å². The number of imidazole rings is 1. The normalized spacial score (nSPS) is 23.4. The lowest BCUT2D eigenvalue weighted by atomic mass is 9.83. The van der Waals surface area contributed by atoms with Crippen LogP contribution in [-0.4, -0.2) is 44.8 Å². The summed E-state index contributed by atoms with van der Waals surface area (Å²) in [5, 5.41) is 21.8. The van der Waals surface area contributed by atoms with Crippen molar-refractivity contribution in [3.63, 3.8) is 0 Å². The highest BCUT2D eigenvalue weighted by Gasteiger charge is 2.37. The SMILES string of the molecule is C=C1C=CC=CC1[n+]1c(NCCO)n(CC2CCC(C)CC2)c2c(C3CCCCC3)nc(C(=N)OC(N)=O)nc21. The van der Waals surface area contributed by atoms with Gasteiger partial charge < -0.3 is 15.6 Å². The van der Waals surface area contributed by atoms with E-state index in [1.165, 1.54) is 19.3 Å². The molecule has 1 amide bonds. The summed E-state index contributed by atoms with van der Waals surface area (Å²) in [4.78, 5) is 21.3. The Morgan fingerprint density at radius 3 is 2.62 bits per heavy atom. The summed E-state index contributed by atoms with van der Waals surface area (Å²) in [5.41, 5.74) is 8.63. The first-order valence-corrected chi connectivity index (χ1v) is 14.7. The van der Waals surface area contributed by atoms with Crippen molar-refractivity contribution >= 4 is 29.1 Å². The Labute approximate surface area is 235 Å². The van der Waals surface area contributed by atoms with Gasteiger partial charge in [0, 0.05) is 5.92 Å². The van der Waals surface area contributed by atoms with Crippen LogP contribution in [0.3, 0.4) is 0 Å². The summed E-state index contributed by atoms with van der Waals surface area (Å²) in [5.74, 6) is 1.87. The first-order chi connectivity index (χ1) is 19.4. The van der Waals surface area contributed by atoms with Gasteiger partial charge >= 0.3 is 12.0 Å². The number of ether oxygens (including phenoxy) is 1. The Morgan fingerprint density at radius 2 is 1.95 bits per heavy atom. The first kappa shape index (κ1) is 28.0. The van der Waals surface area contributed by atoms with Gasteiger partial charge in [-0.3, -0.25) is 10.7 Å². The predicted molar refractivity (Wildman–Crippen MR) is 154 cm³/mol. The highest BCUT2D eigenvalue weighted by Crippen LogP contribution is 2.38. The van der Waals surface area contributed by atoms with Gasteiger partial charge in [0.1, 0.15) is 6.04 Å². The number of hydrogen-bond acceptors (Lipinski definition) is 7. The third kappa shape index (κ3) is 5.82. The highest BCUT2D eigenvalue weighted by molar-refractivity contribution is 5.96. The van der Waals surface area contributed by atoms with Gasteiger partial charge in [0.25, 0.3) is 17.4 Å². The van der Waals surface area contributed by atoms with E-state index in [4.69, 9.17) is 25.8 Å². The fourth-order valence-corrected chi connectivity index (χ4v) is 6.51. The third-order valence-corrected chi connectivity index (χ3v) is 8.62. The predicted octanol–water partition coefficient (Wildman–Crippen LogP) is 4.64. The second kappa shape index (κ2) is 12.3. The number of aliphatic hydroxyl groups is 1. The number of rotatable bonds is 8. The number of allylic oxidation sites excluding steroid dienone is 5. The molecule has 5 rings (SSSR count). The average molecular weight is 549 g/mol. The number of hydrogen-bond donors (Lipinski definition) is 4. The van der Waals surface area contributed by atoms with Crippen molar-refractivity contribution in [2.75, 3.05) is 18.5 Å². The molecule has 3 aliphatic carbocycles. The number of nitrogens with zero attached hydrogens (tertiary/aromatic N) is 4. The number of carbonyl (C=O) groups excluding carboxylic acids is 1. The van der Waals surface area contributed by atoms with Crippen LogP contribution in [0.25, 0.3) is 11.2 Å². The van der Waals surface area contributed by atoms with E-state index in [0.29, 0.717) is 18.1 Å². The van der Waals surface area contributed by atoms with Crippen LogP contribution in [0.15, 0.2) is 36.5 Å². The Hall–Kier alpha value is -3.53. The van der Waals surface area contributed by atoms with E-state index in [-0.39, 0.29) is 24.4 Å². The largest absolute Gasteiger partial charge is 0.411 e. The number of anilines is 1. The molecule has 0 bridgehead atoms. The Bertz CT molecular complexity index is 1330. The number of carbonyl (C=O) groups is 1. The van der Waals surface area contributed by atoms with E-state index < -0.39 is 12.0 Å². The number of primary amides is 1. The summed E-state index contributed by atoms with van der Waals surface area (Å²) in [7, 11) is 0. The maximum Gasteiger partial charge on any atom is 0.411 e. The number of amides is 1. The molecule has 2 aromatic rings. The van der Waals surface area contributed by atoms with Gasteiger partial charge in [-0.05, 0) is 49.2 Å². The Morgan fingerprint density at radius 1 is 1.20 bits per heavy atom. The zero-order chi connectivity index (χ0) is 28.2. The molecule has 10 heteroatoms. The van der Waals surface area contributed by atoms with Crippen LogP contribution in [0.5, 0.6) is 0 Å². The third-order valence-electron chi connectivity index (χ3n) is 8.62. The van der Waals surface area contributed by atoms with Crippen molar-refractivity contribution in [3.8, 4) is 0 Å². The summed E-state index contributed by atoms with van der Waals surface area (Å²) >= 11 is 0. The van der Waals surface area contributed by atoms with Crippen LogP contribution in [0.2, 0.25) is 0 Å². The van der Waals surface area contributed by atoms with E-state index in [2.05, 4.69) is 34.0 Å². The number of nitrogens with two attached hydrogens (primary N) is 1. The zero-order valence-electron chi connectivity index (χ0n) is 23.4. The number of nitrogens with one attached hydrogen (secondary N) is 2. The molecule has 0 aromatic carbocycles. The molecule has 1 unspecified atom stereocenters. The number of fused-ring (bicyclic) bond motifs is 1. The Kier molecular flexibility index (Phi) is 8.63. The summed E-state index contributed by atoms with van der Waals surface area (Å²) in [6.45, 7) is 7.81. The van der Waals surface area contributed by atoms with Crippen molar-refractivity contribution in [3.05, 3.63) is 48.0 Å². The topological polar surface area (TPSA) is 143 Å². The minimum Gasteiger partial charge on any atom is -0.393 e. The quantitative estimate of drug-likeness (QED) is 0.215. The van der Waals surface area contributed by atoms with Gasteiger partial charge in [0.2, 0.25) is 0 Å². The molecular formula is C30H42N7O3+. The monoisotopic (exact) mass is 548 g/mol. The minimum atomic E-state index is -1.07. The van der Waals surface area contributed by atoms with Crippen LogP contribution in [-0.2, 0) is 11.3 Å². The van der Waals surface area contributed by atoms with Crippen LogP contribution in [0.1, 0.15) is 88.2 Å². The molecular weight excluding hydrogens is 506 g/mol. The van der Waals surface area contributed by atoms with Crippen molar-refractivity contribution in [2.24, 2.45) is 17.6 Å². The van der Waals surface area contributed by atoms with E-state index in [0.717, 1.165) is 73.7 Å². The summed E-state index contributed by atoms with van der Waals surface area (Å²) in [6.07, 6.45) is 17.1. The van der Waals surface area contributed by atoms with Crippen LogP contribution in [0.4, 0.5) is 10.7 Å². The van der Waals surface area contributed by atoms with Crippen LogP contribution >= 0.6 is 0 Å². The molecule has 5 N–H and O–H groups in total. The minimum absolute atomic E-state index is 0.0205. The van der Waals surface area contributed by atoms with Crippen LogP contribution < -0.4 is 15.6 Å². The van der Waals surface area contributed by atoms with Crippen LogP contribution in [0, 0.1) is 17.2 Å². The second-order valence-electron chi connectivity index (χ2n) is 11.5. The van der Waals surface area contributed by atoms with Gasteiger partial charge in [-0.15, -0.1) is 4.98 Å². The molecule has 2 aromatic heterocycles. The molecule has 40 heavy (non-hydrogen) atoms. The lowest BCUT2D eigenvalue weighted by Gasteiger charge is -2.26. The molecule has 0 spiro atoms. The first-order valence-electron chi connectivity index (χ1n) is 14.7. The molecule has 1 atom stereocenters. The van der Waals surface area contributed by atoms with E-state index >= 15 is 0 Å². The van der Waals surface area contributed by atoms with Crippen molar-refractivity contribution in [1.82, 2.24) is 14.5 Å². The molecule has 214 valence electrons. The van der Waals surface area contributed by atoms with E-state index in [1.807, 2.05) is 18.2 Å². The van der Waals surface area contributed by atoms with E-state index in [1.54, 1.807) is 0 Å². The van der Waals surface area contributed by atoms with Gasteiger partial charge in [-0.25, -0.2) is 18.9 Å². The number of aromatic nitrogens is 4. The molecule has 3 aliphatic rings. The van der Waals surface area contributed by atoms with Gasteiger partial charge in [0.15, 0.2) is 5.52 Å². The van der Waals surface area contributed by atoms with Crippen molar-refractivity contribution in [2.45, 2.75) is 83.2 Å². The molecule has 2 fully saturated rings. The maximum absolute atomic E-state index is 11.5. The Balaban J connectivity index is 1.77. The summed E-state index contributed by atoms with van der Waals surface area (Å²) < 4.78 is 9.38. The molecule has 10 nitrogen and oxygen atoms in total. The fraction of sp³-hybridized carbons (Fsp3) is 0.567. The highest BCUT2D eigenvalue weighted by atomic mass is 16.6. The zero-order valence-corrected chi connectivity index (χ0v) is 23.4. The number of aliphatic hydroxyl groups excluding tert-OH is 1. The fourth-order valence-electron chi connectivity index (χ4n) is 6.51. The standard InChI is InChI=1S/C30H41N7O3/c1-19-12-14-21(15-13-19)18-36-25-24(22-9-4-3-5-10-22)34-27(26(31)40-29(32)39)35-28(25)37(30(36)33-16-17-38)23-11-7-6-8-20(23)2/h6-8,11,19,21-23,31,38H,2-5,9-10,12-18H2,1H3,(H2,32,39)/p+1. The smallest absolute Gasteiger partial charge is 0.393 e. The van der Waals surface area contributed by atoms with Gasteiger partial charge in [-0.1, -0.05) is 63.8 Å². The van der Waals surface area contributed by atoms with Gasteiger partial charge in [-0.2, -0.15) is 0 Å². The van der Waals surface area contributed by atoms with E-state index in [9.17, 15) is 9.90 Å². The lowest BCUT2D eigenvalue weighted by Crippen LogP contribution is -2.43. The molecule has 2 saturated carbocycles. The second-order valence-corrected chi connectivity index (χ2v) is 11.5. The van der Waals surface area contributed by atoms with Crippen molar-refractivity contribution in [1.29, 1.82) is 5.41 Å². The molecule has 2 heterocycles.